The van der Waals surface area contributed by atoms with Gasteiger partial charge in [0.05, 0.1) is 22.5 Å². The molecule has 2 amide bonds. The molecule has 1 aromatic heterocycles. The van der Waals surface area contributed by atoms with Gasteiger partial charge in [0.2, 0.25) is 11.8 Å². The Bertz CT molecular complexity index is 1410. The van der Waals surface area contributed by atoms with Crippen LogP contribution < -0.4 is 9.77 Å². The molecule has 3 aromatic rings. The van der Waals surface area contributed by atoms with Gasteiger partial charge in [0.15, 0.2) is 0 Å². The van der Waals surface area contributed by atoms with Crippen molar-refractivity contribution in [3.8, 4) is 5.75 Å². The van der Waals surface area contributed by atoms with Crippen LogP contribution in [0.4, 0.5) is 5.69 Å². The average molecular weight is 491 g/mol. The zero-order valence-electron chi connectivity index (χ0n) is 18.3. The molecular formula is C26H22N2O4S2. The molecule has 2 saturated carbocycles. The number of benzene rings is 2. The Morgan fingerprint density at radius 3 is 2.41 bits per heavy atom. The number of amides is 2. The van der Waals surface area contributed by atoms with Crippen LogP contribution >= 0.6 is 23.1 Å². The fraction of sp³-hybridized carbons (Fsp3) is 0.346. The van der Waals surface area contributed by atoms with Gasteiger partial charge in [-0.25, -0.2) is 0 Å². The molecule has 7 atom stereocenters. The summed E-state index contributed by atoms with van der Waals surface area (Å²) in [5.74, 6) is -0.615. The second-order valence-corrected chi connectivity index (χ2v) is 12.1. The summed E-state index contributed by atoms with van der Waals surface area (Å²) in [6.07, 6.45) is 0.833. The summed E-state index contributed by atoms with van der Waals surface area (Å²) < 4.78 is 0. The second-order valence-electron chi connectivity index (χ2n) is 9.87. The number of nitrogens with zero attached hydrogens (tertiary/aromatic N) is 1. The SMILES string of the molecule is Cc1ccc(N2C(=O)[C@@H]3[C@H]4C[C@@H]([C@@H]3C2=O)[C@@H]2[C@@H](c3ccccc3O)c3sc(=O)[nH]c3S[C@H]42)cc1. The molecular weight excluding hydrogens is 468 g/mol. The van der Waals surface area contributed by atoms with Crippen molar-refractivity contribution in [2.75, 3.05) is 4.90 Å². The average Bonchev–Trinajstić information content (AvgIpc) is 3.54. The highest BCUT2D eigenvalue weighted by Crippen LogP contribution is 2.69. The Morgan fingerprint density at radius 1 is 0.971 bits per heavy atom. The van der Waals surface area contributed by atoms with Gasteiger partial charge in [0.25, 0.3) is 0 Å². The number of rotatable bonds is 2. The van der Waals surface area contributed by atoms with E-state index in [1.807, 2.05) is 43.3 Å². The summed E-state index contributed by atoms with van der Waals surface area (Å²) in [6.45, 7) is 1.98. The Morgan fingerprint density at radius 2 is 1.68 bits per heavy atom. The van der Waals surface area contributed by atoms with Gasteiger partial charge in [-0.15, -0.1) is 11.8 Å². The minimum atomic E-state index is -0.341. The number of carbonyl (C=O) groups excluding carboxylic acids is 2. The number of aromatic nitrogens is 1. The predicted octanol–water partition coefficient (Wildman–Crippen LogP) is 4.13. The molecule has 2 aromatic carbocycles. The van der Waals surface area contributed by atoms with E-state index in [1.54, 1.807) is 23.9 Å². The van der Waals surface area contributed by atoms with Crippen molar-refractivity contribution in [1.82, 2.24) is 4.98 Å². The fourth-order valence-corrected chi connectivity index (χ4v) is 9.94. The third-order valence-electron chi connectivity index (χ3n) is 8.29. The number of aromatic amines is 1. The number of aryl methyl sites for hydroxylation is 1. The lowest BCUT2D eigenvalue weighted by Crippen LogP contribution is -2.42. The molecule has 2 aliphatic carbocycles. The Balaban J connectivity index is 1.34. The number of hydrogen-bond acceptors (Lipinski definition) is 6. The van der Waals surface area contributed by atoms with Crippen molar-refractivity contribution >= 4 is 40.6 Å². The number of imide groups is 1. The molecule has 7 rings (SSSR count). The van der Waals surface area contributed by atoms with E-state index < -0.39 is 0 Å². The number of carbonyl (C=O) groups is 2. The number of phenols is 1. The van der Waals surface area contributed by atoms with E-state index in [9.17, 15) is 19.5 Å². The van der Waals surface area contributed by atoms with Crippen molar-refractivity contribution in [2.24, 2.45) is 29.6 Å². The lowest BCUT2D eigenvalue weighted by molar-refractivity contribution is -0.123. The highest BCUT2D eigenvalue weighted by atomic mass is 32.2. The first-order valence-corrected chi connectivity index (χ1v) is 13.3. The quantitative estimate of drug-likeness (QED) is 0.527. The van der Waals surface area contributed by atoms with Gasteiger partial charge in [-0.1, -0.05) is 47.2 Å². The third kappa shape index (κ3) is 2.61. The van der Waals surface area contributed by atoms with Gasteiger partial charge in [-0.3, -0.25) is 19.3 Å². The highest BCUT2D eigenvalue weighted by Gasteiger charge is 2.69. The number of nitrogens with one attached hydrogen (secondary N) is 1. The summed E-state index contributed by atoms with van der Waals surface area (Å²) in [6, 6.07) is 14.9. The number of thioether (sulfide) groups is 1. The van der Waals surface area contributed by atoms with Crippen molar-refractivity contribution in [2.45, 2.75) is 29.5 Å². The first-order valence-electron chi connectivity index (χ1n) is 11.6. The van der Waals surface area contributed by atoms with E-state index in [-0.39, 0.29) is 63.2 Å². The second kappa shape index (κ2) is 7.09. The molecule has 3 heterocycles. The molecule has 3 fully saturated rings. The van der Waals surface area contributed by atoms with Gasteiger partial charge in [-0.05, 0) is 49.3 Å². The Labute approximate surface area is 204 Å². The van der Waals surface area contributed by atoms with E-state index in [0.29, 0.717) is 5.69 Å². The maximum Gasteiger partial charge on any atom is 0.305 e. The van der Waals surface area contributed by atoms with Crippen LogP contribution in [0.5, 0.6) is 5.75 Å². The van der Waals surface area contributed by atoms with Crippen LogP contribution in [0.3, 0.4) is 0 Å². The van der Waals surface area contributed by atoms with Crippen molar-refractivity contribution in [1.29, 1.82) is 0 Å². The molecule has 2 aliphatic heterocycles. The summed E-state index contributed by atoms with van der Waals surface area (Å²) in [4.78, 5) is 44.8. The van der Waals surface area contributed by atoms with Crippen LogP contribution in [0.25, 0.3) is 0 Å². The van der Waals surface area contributed by atoms with Gasteiger partial charge in [0, 0.05) is 21.6 Å². The maximum absolute atomic E-state index is 13.7. The van der Waals surface area contributed by atoms with E-state index >= 15 is 0 Å². The fourth-order valence-electron chi connectivity index (χ4n) is 7.06. The van der Waals surface area contributed by atoms with Crippen molar-refractivity contribution in [3.63, 3.8) is 0 Å². The molecule has 1 saturated heterocycles. The van der Waals surface area contributed by atoms with E-state index in [0.717, 1.165) is 27.5 Å². The van der Waals surface area contributed by atoms with E-state index in [2.05, 4.69) is 4.98 Å². The number of aromatic hydroxyl groups is 1. The molecule has 172 valence electrons. The standard InChI is InChI=1S/C26H22N2O4S2/c1-11-6-8-12(9-7-11)28-24(30)19-14-10-15(20(19)25(28)31)21-18(14)17(13-4-2-3-5-16(13)29)22-23(33-21)27-26(32)34-22/h2-9,14-15,17-21,29H,10H2,1H3,(H,27,32)/t14-,15-,17-,18-,19+,20-,21-/m1/s1. The van der Waals surface area contributed by atoms with Crippen molar-refractivity contribution < 1.29 is 14.7 Å². The molecule has 0 unspecified atom stereocenters. The molecule has 6 nitrogen and oxygen atoms in total. The number of phenolic OH excluding ortho intramolecular Hbond substituents is 1. The molecule has 0 spiro atoms. The van der Waals surface area contributed by atoms with E-state index in [4.69, 9.17) is 0 Å². The lowest BCUT2D eigenvalue weighted by atomic mass is 9.68. The lowest BCUT2D eigenvalue weighted by Gasteiger charge is -2.43. The number of H-pyrrole nitrogens is 1. The van der Waals surface area contributed by atoms with E-state index in [1.165, 1.54) is 16.2 Å². The zero-order valence-corrected chi connectivity index (χ0v) is 19.9. The van der Waals surface area contributed by atoms with Crippen LogP contribution in [0.2, 0.25) is 0 Å². The highest BCUT2D eigenvalue weighted by molar-refractivity contribution is 8.00. The van der Waals surface area contributed by atoms with Gasteiger partial charge in [0.1, 0.15) is 5.75 Å². The number of thiazole rings is 1. The van der Waals surface area contributed by atoms with Crippen LogP contribution in [0.1, 0.15) is 28.3 Å². The molecule has 2 N–H and O–H groups in total. The summed E-state index contributed by atoms with van der Waals surface area (Å²) in [7, 11) is 0. The molecule has 4 aliphatic rings. The first kappa shape index (κ1) is 20.5. The number of anilines is 1. The molecule has 34 heavy (non-hydrogen) atoms. The monoisotopic (exact) mass is 490 g/mol. The number of fused-ring (bicyclic) bond motifs is 9. The molecule has 0 radical (unpaired) electrons. The minimum absolute atomic E-state index is 0.0364. The third-order valence-corrected chi connectivity index (χ3v) is 10.9. The normalized spacial score (nSPS) is 33.2. The van der Waals surface area contributed by atoms with Gasteiger partial charge >= 0.3 is 4.87 Å². The summed E-state index contributed by atoms with van der Waals surface area (Å²) >= 11 is 2.86. The van der Waals surface area contributed by atoms with Crippen LogP contribution in [0, 0.1) is 36.5 Å². The van der Waals surface area contributed by atoms with Crippen LogP contribution in [-0.4, -0.2) is 27.2 Å². The predicted molar refractivity (Wildman–Crippen MR) is 130 cm³/mol. The zero-order chi connectivity index (χ0) is 23.3. The first-order chi connectivity index (χ1) is 16.4. The molecule has 8 heteroatoms. The topological polar surface area (TPSA) is 90.5 Å². The summed E-state index contributed by atoms with van der Waals surface area (Å²) in [5, 5.41) is 11.7. The Hall–Kier alpha value is -2.84. The van der Waals surface area contributed by atoms with Gasteiger partial charge in [-0.2, -0.15) is 0 Å². The van der Waals surface area contributed by atoms with Crippen LogP contribution in [-0.2, 0) is 9.59 Å². The summed E-state index contributed by atoms with van der Waals surface area (Å²) in [5.41, 5.74) is 2.52. The minimum Gasteiger partial charge on any atom is -0.508 e. The largest absolute Gasteiger partial charge is 0.508 e. The van der Waals surface area contributed by atoms with Crippen LogP contribution in [0.15, 0.2) is 58.4 Å². The number of para-hydroxylation sites is 1. The van der Waals surface area contributed by atoms with Crippen molar-refractivity contribution in [3.05, 3.63) is 74.2 Å². The van der Waals surface area contributed by atoms with Gasteiger partial charge < -0.3 is 10.1 Å². The maximum atomic E-state index is 13.7. The Kier molecular flexibility index (Phi) is 4.28. The number of hydrogen-bond donors (Lipinski definition) is 2. The molecule has 2 bridgehead atoms. The smallest absolute Gasteiger partial charge is 0.305 e.